The number of aromatic nitrogens is 2. The maximum Gasteiger partial charge on any atom is 0.212 e. The predicted molar refractivity (Wildman–Crippen MR) is 226 cm³/mol. The monoisotopic (exact) mass is 714 g/mol. The summed E-state index contributed by atoms with van der Waals surface area (Å²) in [6.45, 7) is 8.75. The second kappa shape index (κ2) is 11.2. The van der Waals surface area contributed by atoms with E-state index in [1.165, 1.54) is 0 Å². The summed E-state index contributed by atoms with van der Waals surface area (Å²) in [5, 5.41) is 19.3. The standard InChI is InChI=1S/C50H26N4O2/c1-52-37-27-30(28-51)47(53-38-19-9-5-15-31(38)33-23-25-42-45(48(33)53)35-17-7-11-21-40(35)55-42)44(29-13-3-2-4-14-29)50(37)54-39-20-10-6-16-32(39)34-24-26-43-46(49(34)54)36-18-8-12-22-41(36)56-43/h2-27H. The van der Waals surface area contributed by atoms with Gasteiger partial charge in [-0.15, -0.1) is 0 Å². The van der Waals surface area contributed by atoms with E-state index in [2.05, 4.69) is 92.8 Å². The quantitative estimate of drug-likeness (QED) is 0.171. The fourth-order valence-electron chi connectivity index (χ4n) is 9.15. The van der Waals surface area contributed by atoms with Gasteiger partial charge >= 0.3 is 0 Å². The van der Waals surface area contributed by atoms with Crippen LogP contribution in [-0.4, -0.2) is 9.13 Å². The Morgan fingerprint density at radius 1 is 0.482 bits per heavy atom. The van der Waals surface area contributed by atoms with Gasteiger partial charge in [-0.2, -0.15) is 5.26 Å². The number of nitrogens with zero attached hydrogens (tertiary/aromatic N) is 4. The molecule has 0 saturated heterocycles. The summed E-state index contributed by atoms with van der Waals surface area (Å²) in [5.74, 6) is 0. The highest BCUT2D eigenvalue weighted by atomic mass is 16.3. The van der Waals surface area contributed by atoms with Gasteiger partial charge in [-0.1, -0.05) is 103 Å². The van der Waals surface area contributed by atoms with Gasteiger partial charge in [0.2, 0.25) is 5.69 Å². The molecule has 0 aliphatic heterocycles. The van der Waals surface area contributed by atoms with Crippen molar-refractivity contribution in [3.8, 4) is 28.6 Å². The van der Waals surface area contributed by atoms with Crippen LogP contribution in [-0.2, 0) is 0 Å². The maximum absolute atomic E-state index is 11.2. The van der Waals surface area contributed by atoms with Gasteiger partial charge in [0.1, 0.15) is 28.4 Å². The second-order valence-corrected chi connectivity index (χ2v) is 14.2. The van der Waals surface area contributed by atoms with Crippen molar-refractivity contribution >= 4 is 93.2 Å². The number of rotatable bonds is 3. The van der Waals surface area contributed by atoms with Crippen LogP contribution in [0.25, 0.3) is 115 Å². The minimum atomic E-state index is 0.372. The second-order valence-electron chi connectivity index (χ2n) is 14.2. The molecule has 0 fully saturated rings. The van der Waals surface area contributed by atoms with Crippen molar-refractivity contribution in [1.29, 1.82) is 5.26 Å². The molecule has 0 unspecified atom stereocenters. The Hall–Kier alpha value is -8.06. The molecule has 0 radical (unpaired) electrons. The van der Waals surface area contributed by atoms with Crippen LogP contribution in [0.4, 0.5) is 5.69 Å². The Balaban J connectivity index is 1.37. The summed E-state index contributed by atoms with van der Waals surface area (Å²) in [5.41, 5.74) is 10.7. The van der Waals surface area contributed by atoms with Crippen LogP contribution in [0.2, 0.25) is 0 Å². The van der Waals surface area contributed by atoms with Crippen LogP contribution in [0.1, 0.15) is 5.56 Å². The van der Waals surface area contributed by atoms with E-state index < -0.39 is 0 Å². The smallest absolute Gasteiger partial charge is 0.212 e. The Morgan fingerprint density at radius 3 is 1.50 bits per heavy atom. The molecule has 6 nitrogen and oxygen atoms in total. The summed E-state index contributed by atoms with van der Waals surface area (Å²) in [7, 11) is 0. The van der Waals surface area contributed by atoms with Crippen LogP contribution >= 0.6 is 0 Å². The Bertz CT molecular complexity index is 3510. The molecule has 4 heterocycles. The summed E-state index contributed by atoms with van der Waals surface area (Å²) in [6.07, 6.45) is 0. The Morgan fingerprint density at radius 2 is 0.964 bits per heavy atom. The molecular weight excluding hydrogens is 689 g/mol. The van der Waals surface area contributed by atoms with Gasteiger partial charge < -0.3 is 18.0 Å². The maximum atomic E-state index is 11.2. The van der Waals surface area contributed by atoms with E-state index in [0.717, 1.165) is 98.6 Å². The summed E-state index contributed by atoms with van der Waals surface area (Å²) in [6, 6.07) is 55.8. The summed E-state index contributed by atoms with van der Waals surface area (Å²) < 4.78 is 17.4. The third kappa shape index (κ3) is 3.92. The first-order chi connectivity index (χ1) is 27.7. The van der Waals surface area contributed by atoms with Crippen molar-refractivity contribution in [2.75, 3.05) is 0 Å². The number of hydrogen-bond donors (Lipinski definition) is 0. The predicted octanol–water partition coefficient (Wildman–Crippen LogP) is 13.8. The summed E-state index contributed by atoms with van der Waals surface area (Å²) >= 11 is 0. The first kappa shape index (κ1) is 30.4. The van der Waals surface area contributed by atoms with Gasteiger partial charge in [0.05, 0.1) is 56.3 Å². The molecule has 8 aromatic carbocycles. The molecule has 0 N–H and O–H groups in total. The van der Waals surface area contributed by atoms with Crippen molar-refractivity contribution < 1.29 is 8.83 Å². The van der Waals surface area contributed by atoms with E-state index >= 15 is 0 Å². The van der Waals surface area contributed by atoms with Crippen molar-refractivity contribution in [2.24, 2.45) is 0 Å². The molecule has 6 heteroatoms. The first-order valence-corrected chi connectivity index (χ1v) is 18.4. The lowest BCUT2D eigenvalue weighted by Gasteiger charge is -2.23. The minimum absolute atomic E-state index is 0.372. The molecule has 12 rings (SSSR count). The van der Waals surface area contributed by atoms with Gasteiger partial charge in [-0.3, -0.25) is 0 Å². The van der Waals surface area contributed by atoms with E-state index in [0.29, 0.717) is 22.6 Å². The van der Waals surface area contributed by atoms with E-state index in [1.807, 2.05) is 78.9 Å². The molecule has 0 atom stereocenters. The highest BCUT2D eigenvalue weighted by Gasteiger charge is 2.29. The molecule has 0 spiro atoms. The average Bonchev–Trinajstić information content (AvgIpc) is 4.00. The molecule has 0 amide bonds. The molecule has 0 aliphatic rings. The lowest BCUT2D eigenvalue weighted by atomic mass is 9.95. The molecule has 0 bridgehead atoms. The number of furan rings is 2. The van der Waals surface area contributed by atoms with Crippen molar-refractivity contribution in [1.82, 2.24) is 9.13 Å². The van der Waals surface area contributed by atoms with Crippen molar-refractivity contribution in [2.45, 2.75) is 0 Å². The fraction of sp³-hybridized carbons (Fsp3) is 0. The third-order valence-corrected chi connectivity index (χ3v) is 11.4. The van der Waals surface area contributed by atoms with E-state index in [1.54, 1.807) is 6.07 Å². The highest BCUT2D eigenvalue weighted by molar-refractivity contribution is 6.27. The van der Waals surface area contributed by atoms with Gasteiger partial charge in [0.25, 0.3) is 0 Å². The van der Waals surface area contributed by atoms with E-state index in [9.17, 15) is 5.26 Å². The molecule has 0 saturated carbocycles. The van der Waals surface area contributed by atoms with Crippen LogP contribution in [0.15, 0.2) is 167 Å². The third-order valence-electron chi connectivity index (χ3n) is 11.4. The number of hydrogen-bond acceptors (Lipinski definition) is 3. The highest BCUT2D eigenvalue weighted by Crippen LogP contribution is 2.50. The fourth-order valence-corrected chi connectivity index (χ4v) is 9.15. The van der Waals surface area contributed by atoms with Crippen LogP contribution in [0, 0.1) is 17.9 Å². The zero-order chi connectivity index (χ0) is 37.1. The van der Waals surface area contributed by atoms with Crippen LogP contribution in [0.3, 0.4) is 0 Å². The number of benzene rings is 8. The normalized spacial score (nSPS) is 11.9. The molecule has 0 aliphatic carbocycles. The Labute approximate surface area is 318 Å². The zero-order valence-corrected chi connectivity index (χ0v) is 29.6. The molecule has 56 heavy (non-hydrogen) atoms. The van der Waals surface area contributed by atoms with Crippen LogP contribution in [0.5, 0.6) is 0 Å². The zero-order valence-electron chi connectivity index (χ0n) is 29.6. The summed E-state index contributed by atoms with van der Waals surface area (Å²) in [4.78, 5) is 4.22. The first-order valence-electron chi connectivity index (χ1n) is 18.4. The van der Waals surface area contributed by atoms with Crippen LogP contribution < -0.4 is 0 Å². The lowest BCUT2D eigenvalue weighted by Crippen LogP contribution is -2.07. The Kier molecular flexibility index (Phi) is 6.10. The topological polar surface area (TPSA) is 64.3 Å². The molecular formula is C50H26N4O2. The largest absolute Gasteiger partial charge is 0.456 e. The van der Waals surface area contributed by atoms with E-state index in [4.69, 9.17) is 15.4 Å². The lowest BCUT2D eigenvalue weighted by molar-refractivity contribution is 0.669. The number of nitriles is 1. The average molecular weight is 715 g/mol. The number of fused-ring (bicyclic) bond motifs is 14. The van der Waals surface area contributed by atoms with Gasteiger partial charge in [-0.05, 0) is 60.2 Å². The van der Waals surface area contributed by atoms with Crippen molar-refractivity contribution in [3.63, 3.8) is 0 Å². The minimum Gasteiger partial charge on any atom is -0.456 e. The van der Waals surface area contributed by atoms with Gasteiger partial charge in [-0.25, -0.2) is 4.85 Å². The van der Waals surface area contributed by atoms with Crippen molar-refractivity contribution in [3.05, 3.63) is 175 Å². The molecule has 4 aromatic heterocycles. The van der Waals surface area contributed by atoms with Gasteiger partial charge in [0.15, 0.2) is 0 Å². The molecule has 12 aromatic rings. The SMILES string of the molecule is [C-]#[N+]c1cc(C#N)c(-n2c3ccccc3c3ccc4oc5ccccc5c4c32)c(-c2ccccc2)c1-n1c2ccccc2c2ccc3oc4ccccc4c3c21. The van der Waals surface area contributed by atoms with Gasteiger partial charge in [0, 0.05) is 37.9 Å². The number of para-hydroxylation sites is 4. The molecule has 258 valence electrons. The van der Waals surface area contributed by atoms with E-state index in [-0.39, 0.29) is 0 Å².